The fourth-order valence-electron chi connectivity index (χ4n) is 0. The quantitative estimate of drug-likeness (QED) is 0.423. The van der Waals surface area contributed by atoms with Crippen LogP contribution in [0.3, 0.4) is 0 Å². The van der Waals surface area contributed by atoms with E-state index >= 15 is 0 Å². The summed E-state index contributed by atoms with van der Waals surface area (Å²) in [4.78, 5) is 0. The van der Waals surface area contributed by atoms with Gasteiger partial charge in [0.2, 0.25) is 0 Å². The van der Waals surface area contributed by atoms with Crippen molar-refractivity contribution in [1.82, 2.24) is 0 Å². The van der Waals surface area contributed by atoms with Gasteiger partial charge in [-0.05, 0) is 0 Å². The Kier molecular flexibility index (Phi) is 25.1. The third-order valence-electron chi connectivity index (χ3n) is 0. The van der Waals surface area contributed by atoms with Crippen molar-refractivity contribution >= 4 is 41.9 Å². The van der Waals surface area contributed by atoms with Gasteiger partial charge < -0.3 is 0 Å². The van der Waals surface area contributed by atoms with E-state index in [4.69, 9.17) is 16.0 Å². The van der Waals surface area contributed by atoms with Crippen molar-refractivity contribution in [3.63, 3.8) is 0 Å². The molecule has 0 aliphatic heterocycles. The van der Waals surface area contributed by atoms with E-state index in [0.717, 1.165) is 0 Å². The van der Waals surface area contributed by atoms with E-state index in [-0.39, 0.29) is 58.4 Å². The fraction of sp³-hybridized carbons (Fsp3) is 0. The van der Waals surface area contributed by atoms with E-state index in [0.29, 0.717) is 0 Å². The molecule has 0 spiro atoms. The van der Waals surface area contributed by atoms with E-state index < -0.39 is 13.4 Å². The van der Waals surface area contributed by atoms with Crippen molar-refractivity contribution in [2.24, 2.45) is 0 Å². The molecule has 0 radical (unpaired) electrons. The van der Waals surface area contributed by atoms with Crippen molar-refractivity contribution in [3.05, 3.63) is 0 Å². The molecule has 0 saturated carbocycles. The molecule has 0 aromatic carbocycles. The number of rotatable bonds is 0. The summed E-state index contributed by atoms with van der Waals surface area (Å²) in [5.41, 5.74) is 0. The molecular weight excluding hydrogens is 209 g/mol. The molecule has 8 heteroatoms. The van der Waals surface area contributed by atoms with Crippen molar-refractivity contribution in [2.75, 3.05) is 0 Å². The first-order valence-electron chi connectivity index (χ1n) is 0.647. The van der Waals surface area contributed by atoms with Crippen LogP contribution in [0.2, 0.25) is 0 Å². The van der Waals surface area contributed by atoms with Crippen LogP contribution < -0.4 is 0 Å². The first kappa shape index (κ1) is 22.5. The second-order valence-electron chi connectivity index (χ2n) is 0.415. The molecule has 2 N–H and O–H groups in total. The molecule has 49 valence electrons. The van der Waals surface area contributed by atoms with Crippen LogP contribution in [-0.4, -0.2) is 50.3 Å². The van der Waals surface area contributed by atoms with Gasteiger partial charge in [-0.25, -0.2) is 0 Å². The molecule has 0 fully saturated rings. The van der Waals surface area contributed by atoms with Gasteiger partial charge in [-0.3, -0.25) is 0 Å². The van der Waals surface area contributed by atoms with Crippen molar-refractivity contribution < 1.29 is 45.9 Å². The van der Waals surface area contributed by atoms with Crippen LogP contribution in [0.5, 0.6) is 0 Å². The van der Waals surface area contributed by atoms with Crippen LogP contribution in [0.15, 0.2) is 0 Å². The summed E-state index contributed by atoms with van der Waals surface area (Å²) in [5.74, 6) is 0. The van der Waals surface area contributed by atoms with Gasteiger partial charge in [0.05, 0.1) is 0 Å². The summed E-state index contributed by atoms with van der Waals surface area (Å²) in [6.07, 6.45) is 0. The minimum absolute atomic E-state index is 0. The zero-order valence-electron chi connectivity index (χ0n) is 2.41. The Balaban J connectivity index is -0.0000000267. The molecule has 0 aliphatic rings. The average molecular weight is 214 g/mol. The molecule has 0 aromatic heterocycles. The van der Waals surface area contributed by atoms with Gasteiger partial charge in [0.25, 0.3) is 0 Å². The molecule has 0 unspecified atom stereocenters. The van der Waals surface area contributed by atoms with Crippen molar-refractivity contribution in [3.8, 4) is 0 Å². The number of hydrogen-bond donors (Lipinski definition) is 2. The maximum atomic E-state index is 8.80. The molecule has 0 aliphatic carbocycles. The minimum atomic E-state index is -5.12. The van der Waals surface area contributed by atoms with Crippen LogP contribution in [0, 0.1) is 0 Å². The third-order valence-corrected chi connectivity index (χ3v) is 0. The summed E-state index contributed by atoms with van der Waals surface area (Å²) in [6, 6.07) is 0. The van der Waals surface area contributed by atoms with Crippen LogP contribution >= 0.6 is 0 Å². The molecule has 0 heterocycles. The van der Waals surface area contributed by atoms with E-state index in [2.05, 4.69) is 0 Å². The Morgan fingerprint density at radius 3 is 1.12 bits per heavy atom. The molecule has 0 rings (SSSR count). The van der Waals surface area contributed by atoms with Gasteiger partial charge in [-0.2, -0.15) is 0 Å². The Morgan fingerprint density at radius 2 is 1.12 bits per heavy atom. The van der Waals surface area contributed by atoms with E-state index in [1.807, 2.05) is 0 Å². The first-order valence-corrected chi connectivity index (χ1v) is 2.67. The molecule has 4 nitrogen and oxygen atoms in total. The summed E-state index contributed by atoms with van der Waals surface area (Å²) < 4.78 is 31.8. The Labute approximate surface area is 86.9 Å². The summed E-state index contributed by atoms with van der Waals surface area (Å²) in [5, 5.41) is 0. The van der Waals surface area contributed by atoms with Crippen molar-refractivity contribution in [1.29, 1.82) is 0 Å². The van der Waals surface area contributed by atoms with Crippen LogP contribution in [0.1, 0.15) is 0 Å². The second-order valence-corrected chi connectivity index (χ2v) is 1.71. The predicted octanol–water partition coefficient (Wildman–Crippen LogP) is -2.92. The third kappa shape index (κ3) is 104. The molecule has 0 saturated heterocycles. The van der Waals surface area contributed by atoms with Crippen LogP contribution in [0.4, 0.5) is 0 Å². The SMILES string of the molecule is [LiH].[MgH2].[Ni].[O]=[Mn](=[O])([OH])[OH]. The van der Waals surface area contributed by atoms with Gasteiger partial charge in [0, 0.05) is 16.5 Å². The van der Waals surface area contributed by atoms with E-state index in [1.54, 1.807) is 0 Å². The van der Waals surface area contributed by atoms with Gasteiger partial charge in [-0.1, -0.05) is 0 Å². The Bertz CT molecular complexity index is 99.2. The predicted molar refractivity (Wildman–Crippen MR) is 21.5 cm³/mol. The van der Waals surface area contributed by atoms with Crippen LogP contribution in [-0.2, 0) is 37.5 Å². The van der Waals surface area contributed by atoms with Crippen molar-refractivity contribution in [2.45, 2.75) is 0 Å². The normalized spacial score (nSPS) is 7.25. The zero-order chi connectivity index (χ0) is 4.50. The summed E-state index contributed by atoms with van der Waals surface area (Å²) >= 11 is -5.12. The summed E-state index contributed by atoms with van der Waals surface area (Å²) in [6.45, 7) is 0. The molecule has 0 bridgehead atoms. The monoisotopic (exact) mass is 213 g/mol. The molecule has 0 atom stereocenters. The van der Waals surface area contributed by atoms with Gasteiger partial charge >= 0.3 is 71.3 Å². The Hall–Kier alpha value is 1.90. The molecule has 8 heavy (non-hydrogen) atoms. The Morgan fingerprint density at radius 1 is 1.12 bits per heavy atom. The fourth-order valence-corrected chi connectivity index (χ4v) is 0. The van der Waals surface area contributed by atoms with E-state index in [1.165, 1.54) is 0 Å². The van der Waals surface area contributed by atoms with Crippen LogP contribution in [0.25, 0.3) is 0 Å². The van der Waals surface area contributed by atoms with E-state index in [9.17, 15) is 0 Å². The van der Waals surface area contributed by atoms with Gasteiger partial charge in [0.1, 0.15) is 0 Å². The molecule has 0 amide bonds. The van der Waals surface area contributed by atoms with Gasteiger partial charge in [0.15, 0.2) is 0 Å². The molecule has 0 aromatic rings. The summed E-state index contributed by atoms with van der Waals surface area (Å²) in [7, 11) is 0. The zero-order valence-corrected chi connectivity index (χ0v) is 4.57. The first-order chi connectivity index (χ1) is 2.00. The maximum absolute atomic E-state index is 8.80. The molecular formula is H5LiMgMnNiO4. The number of hydrogen-bond acceptors (Lipinski definition) is 2. The average Bonchev–Trinajstić information content (AvgIpc) is 0.722. The topological polar surface area (TPSA) is 74.6 Å². The standard InChI is InChI=1S/Li.Mg.Mn.Ni.2H2O.2O.3H/h;;;;2*1H2;;;;;/q;;+2;;;;;;;;/p-2. The van der Waals surface area contributed by atoms with Gasteiger partial charge in [-0.15, -0.1) is 0 Å². The second kappa shape index (κ2) is 8.90.